The van der Waals surface area contributed by atoms with Crippen LogP contribution >= 0.6 is 0 Å². The molecule has 0 aromatic carbocycles. The lowest BCUT2D eigenvalue weighted by molar-refractivity contribution is -0.130. The van der Waals surface area contributed by atoms with Crippen LogP contribution in [0.3, 0.4) is 0 Å². The predicted molar refractivity (Wildman–Crippen MR) is 57.3 cm³/mol. The Hall–Kier alpha value is -1.10. The molecule has 1 heterocycles. The largest absolute Gasteiger partial charge is 0.357 e. The summed E-state index contributed by atoms with van der Waals surface area (Å²) in [5.74, 6) is -0.184. The van der Waals surface area contributed by atoms with Crippen molar-refractivity contribution in [2.24, 2.45) is 5.92 Å². The average molecular weight is 213 g/mol. The van der Waals surface area contributed by atoms with Gasteiger partial charge in [0.15, 0.2) is 0 Å². The number of hydrogen-bond donors (Lipinski definition) is 3. The van der Waals surface area contributed by atoms with Crippen molar-refractivity contribution in [3.63, 3.8) is 0 Å². The maximum Gasteiger partial charge on any atom is 0.242 e. The van der Waals surface area contributed by atoms with E-state index in [1.165, 1.54) is 0 Å². The van der Waals surface area contributed by atoms with Crippen LogP contribution in [0.5, 0.6) is 0 Å². The molecule has 2 atom stereocenters. The van der Waals surface area contributed by atoms with Gasteiger partial charge >= 0.3 is 0 Å². The molecule has 1 saturated heterocycles. The Labute approximate surface area is 90.0 Å². The molecule has 1 unspecified atom stereocenters. The summed E-state index contributed by atoms with van der Waals surface area (Å²) in [6, 6.07) is -0.454. The van der Waals surface area contributed by atoms with E-state index in [9.17, 15) is 9.59 Å². The van der Waals surface area contributed by atoms with Crippen LogP contribution in [0.15, 0.2) is 0 Å². The fourth-order valence-electron chi connectivity index (χ4n) is 1.69. The van der Waals surface area contributed by atoms with E-state index in [1.54, 1.807) is 14.0 Å². The lowest BCUT2D eigenvalue weighted by Gasteiger charge is -2.23. The molecule has 0 radical (unpaired) electrons. The molecule has 1 aliphatic heterocycles. The van der Waals surface area contributed by atoms with Gasteiger partial charge in [0.05, 0.1) is 5.92 Å². The fourth-order valence-corrected chi connectivity index (χ4v) is 1.69. The summed E-state index contributed by atoms with van der Waals surface area (Å²) >= 11 is 0. The number of carbonyl (C=O) groups excluding carboxylic acids is 2. The molecule has 1 rings (SSSR count). The minimum Gasteiger partial charge on any atom is -0.357 e. The quantitative estimate of drug-likeness (QED) is 0.577. The Morgan fingerprint density at radius 1 is 1.47 bits per heavy atom. The van der Waals surface area contributed by atoms with Gasteiger partial charge in [-0.05, 0) is 26.3 Å². The molecule has 0 spiro atoms. The number of piperidine rings is 1. The highest BCUT2D eigenvalue weighted by Crippen LogP contribution is 2.09. The normalized spacial score (nSPS) is 22.9. The first kappa shape index (κ1) is 12.0. The molecule has 3 N–H and O–H groups in total. The lowest BCUT2D eigenvalue weighted by atomic mass is 9.98. The number of hydrogen-bond acceptors (Lipinski definition) is 3. The molecule has 15 heavy (non-hydrogen) atoms. The van der Waals surface area contributed by atoms with E-state index in [2.05, 4.69) is 16.0 Å². The highest BCUT2D eigenvalue weighted by Gasteiger charge is 2.23. The Balaban J connectivity index is 2.36. The van der Waals surface area contributed by atoms with Crippen molar-refractivity contribution < 1.29 is 9.59 Å². The Bertz CT molecular complexity index is 237. The van der Waals surface area contributed by atoms with Crippen LogP contribution in [-0.4, -0.2) is 38.0 Å². The molecular weight excluding hydrogens is 194 g/mol. The summed E-state index contributed by atoms with van der Waals surface area (Å²) in [5, 5.41) is 8.38. The van der Waals surface area contributed by atoms with Gasteiger partial charge in [0.25, 0.3) is 0 Å². The van der Waals surface area contributed by atoms with E-state index in [4.69, 9.17) is 0 Å². The molecule has 2 amide bonds. The molecule has 0 aromatic heterocycles. The summed E-state index contributed by atoms with van der Waals surface area (Å²) in [6.07, 6.45) is 1.92. The van der Waals surface area contributed by atoms with Crippen molar-refractivity contribution in [3.05, 3.63) is 0 Å². The van der Waals surface area contributed by atoms with E-state index in [1.807, 2.05) is 0 Å². The zero-order chi connectivity index (χ0) is 11.3. The van der Waals surface area contributed by atoms with Crippen LogP contribution in [0.2, 0.25) is 0 Å². The molecule has 5 heteroatoms. The van der Waals surface area contributed by atoms with Gasteiger partial charge in [-0.25, -0.2) is 0 Å². The third-order valence-corrected chi connectivity index (χ3v) is 2.67. The number of rotatable bonds is 3. The van der Waals surface area contributed by atoms with Crippen LogP contribution in [0.25, 0.3) is 0 Å². The Morgan fingerprint density at radius 2 is 2.20 bits per heavy atom. The van der Waals surface area contributed by atoms with Gasteiger partial charge in [0.2, 0.25) is 11.8 Å². The second-order valence-electron chi connectivity index (χ2n) is 3.89. The third-order valence-electron chi connectivity index (χ3n) is 2.67. The van der Waals surface area contributed by atoms with Crippen molar-refractivity contribution >= 4 is 11.8 Å². The van der Waals surface area contributed by atoms with E-state index in [0.29, 0.717) is 6.54 Å². The van der Waals surface area contributed by atoms with Gasteiger partial charge < -0.3 is 16.0 Å². The van der Waals surface area contributed by atoms with Gasteiger partial charge in [0, 0.05) is 13.6 Å². The lowest BCUT2D eigenvalue weighted by Crippen LogP contribution is -2.48. The monoisotopic (exact) mass is 213 g/mol. The molecule has 0 aliphatic carbocycles. The summed E-state index contributed by atoms with van der Waals surface area (Å²) in [4.78, 5) is 22.9. The Morgan fingerprint density at radius 3 is 2.73 bits per heavy atom. The summed E-state index contributed by atoms with van der Waals surface area (Å²) in [5.41, 5.74) is 0. The second kappa shape index (κ2) is 5.70. The topological polar surface area (TPSA) is 70.2 Å². The summed E-state index contributed by atoms with van der Waals surface area (Å²) in [6.45, 7) is 3.38. The van der Waals surface area contributed by atoms with Gasteiger partial charge in [0.1, 0.15) is 6.04 Å². The molecule has 0 bridgehead atoms. The van der Waals surface area contributed by atoms with Gasteiger partial charge in [-0.1, -0.05) is 0 Å². The molecule has 5 nitrogen and oxygen atoms in total. The summed E-state index contributed by atoms with van der Waals surface area (Å²) < 4.78 is 0. The molecular formula is C10H19N3O2. The maximum absolute atomic E-state index is 11.7. The maximum atomic E-state index is 11.7. The van der Waals surface area contributed by atoms with Crippen molar-refractivity contribution in [2.45, 2.75) is 25.8 Å². The van der Waals surface area contributed by atoms with Crippen LogP contribution in [0.1, 0.15) is 19.8 Å². The Kier molecular flexibility index (Phi) is 4.55. The first-order valence-electron chi connectivity index (χ1n) is 5.38. The highest BCUT2D eigenvalue weighted by atomic mass is 16.2. The number of carbonyl (C=O) groups is 2. The van der Waals surface area contributed by atoms with Gasteiger partial charge in [-0.15, -0.1) is 0 Å². The van der Waals surface area contributed by atoms with Crippen LogP contribution in [0.4, 0.5) is 0 Å². The highest BCUT2D eigenvalue weighted by molar-refractivity contribution is 5.88. The van der Waals surface area contributed by atoms with Crippen molar-refractivity contribution in [2.75, 3.05) is 20.1 Å². The van der Waals surface area contributed by atoms with Crippen molar-refractivity contribution in [1.29, 1.82) is 0 Å². The minimum absolute atomic E-state index is 0.00542. The van der Waals surface area contributed by atoms with Crippen LogP contribution < -0.4 is 16.0 Å². The fraction of sp³-hybridized carbons (Fsp3) is 0.800. The van der Waals surface area contributed by atoms with E-state index >= 15 is 0 Å². The number of amides is 2. The molecule has 0 saturated carbocycles. The SMILES string of the molecule is CNC(=O)[C@@H](C)NC(=O)C1CCCNC1. The zero-order valence-corrected chi connectivity index (χ0v) is 9.30. The van der Waals surface area contributed by atoms with Crippen LogP contribution in [-0.2, 0) is 9.59 Å². The van der Waals surface area contributed by atoms with Crippen molar-refractivity contribution in [3.8, 4) is 0 Å². The molecule has 1 aliphatic rings. The standard InChI is InChI=1S/C10H19N3O2/c1-7(9(14)11-2)13-10(15)8-4-3-5-12-6-8/h7-8,12H,3-6H2,1-2H3,(H,11,14)(H,13,15)/t7-,8?/m1/s1. The van der Waals surface area contributed by atoms with Gasteiger partial charge in [-0.3, -0.25) is 9.59 Å². The molecule has 1 fully saturated rings. The van der Waals surface area contributed by atoms with E-state index in [-0.39, 0.29) is 17.7 Å². The molecule has 86 valence electrons. The van der Waals surface area contributed by atoms with Crippen LogP contribution in [0, 0.1) is 5.92 Å². The minimum atomic E-state index is -0.454. The first-order valence-corrected chi connectivity index (χ1v) is 5.38. The van der Waals surface area contributed by atoms with E-state index in [0.717, 1.165) is 19.4 Å². The summed E-state index contributed by atoms with van der Waals surface area (Å²) in [7, 11) is 1.56. The molecule has 0 aromatic rings. The average Bonchev–Trinajstić information content (AvgIpc) is 2.29. The second-order valence-corrected chi connectivity index (χ2v) is 3.89. The smallest absolute Gasteiger partial charge is 0.242 e. The van der Waals surface area contributed by atoms with E-state index < -0.39 is 6.04 Å². The zero-order valence-electron chi connectivity index (χ0n) is 9.30. The first-order chi connectivity index (χ1) is 7.15. The number of nitrogens with one attached hydrogen (secondary N) is 3. The third kappa shape index (κ3) is 3.51. The predicted octanol–water partition coefficient (Wildman–Crippen LogP) is -0.763. The van der Waals surface area contributed by atoms with Crippen molar-refractivity contribution in [1.82, 2.24) is 16.0 Å². The van der Waals surface area contributed by atoms with Gasteiger partial charge in [-0.2, -0.15) is 0 Å². The number of likely N-dealkylation sites (N-methyl/N-ethyl adjacent to an activating group) is 1.